The van der Waals surface area contributed by atoms with Gasteiger partial charge >= 0.3 is 6.09 Å². The van der Waals surface area contributed by atoms with E-state index in [1.54, 1.807) is 45.0 Å². The van der Waals surface area contributed by atoms with E-state index in [2.05, 4.69) is 16.2 Å². The van der Waals surface area contributed by atoms with Crippen LogP contribution in [0.2, 0.25) is 0 Å². The third-order valence-electron chi connectivity index (χ3n) is 4.88. The molecule has 0 heterocycles. The summed E-state index contributed by atoms with van der Waals surface area (Å²) in [6.45, 7) is 7.90. The summed E-state index contributed by atoms with van der Waals surface area (Å²) in [4.78, 5) is 36.4. The van der Waals surface area contributed by atoms with E-state index in [-0.39, 0.29) is 5.91 Å². The third kappa shape index (κ3) is 6.57. The fraction of sp³-hybridized carbons (Fsp3) is 0.375. The molecule has 0 saturated heterocycles. The molecule has 7 nitrogen and oxygen atoms in total. The van der Waals surface area contributed by atoms with Gasteiger partial charge < -0.3 is 10.1 Å². The second-order valence-corrected chi connectivity index (χ2v) is 8.84. The monoisotopic (exact) mass is 423 g/mol. The van der Waals surface area contributed by atoms with Gasteiger partial charge in [-0.1, -0.05) is 18.2 Å². The first-order chi connectivity index (χ1) is 14.6. The first-order valence-corrected chi connectivity index (χ1v) is 10.4. The summed E-state index contributed by atoms with van der Waals surface area (Å²) in [6.07, 6.45) is 1.65. The largest absolute Gasteiger partial charge is 0.443 e. The normalized spacial score (nSPS) is 13.3. The SMILES string of the molecule is Cc1ccc(C(=O)NNC(=O)OC(C)(C)C)cc1-c1ccc(C(=O)NCC2CC2)cc1. The van der Waals surface area contributed by atoms with Crippen LogP contribution in [-0.4, -0.2) is 30.1 Å². The Morgan fingerprint density at radius 2 is 1.58 bits per heavy atom. The number of aryl methyl sites for hydroxylation is 1. The number of rotatable bonds is 5. The quantitative estimate of drug-likeness (QED) is 0.634. The first kappa shape index (κ1) is 22.3. The van der Waals surface area contributed by atoms with Gasteiger partial charge in [-0.2, -0.15) is 0 Å². The van der Waals surface area contributed by atoms with Gasteiger partial charge in [0.1, 0.15) is 5.60 Å². The van der Waals surface area contributed by atoms with Gasteiger partial charge in [0.15, 0.2) is 0 Å². The number of benzene rings is 2. The van der Waals surface area contributed by atoms with Crippen molar-refractivity contribution >= 4 is 17.9 Å². The van der Waals surface area contributed by atoms with Crippen molar-refractivity contribution in [3.05, 3.63) is 59.2 Å². The maximum atomic E-state index is 12.5. The van der Waals surface area contributed by atoms with E-state index in [9.17, 15) is 14.4 Å². The molecule has 0 atom stereocenters. The van der Waals surface area contributed by atoms with Crippen molar-refractivity contribution in [2.24, 2.45) is 5.92 Å². The molecule has 2 aromatic rings. The summed E-state index contributed by atoms with van der Waals surface area (Å²) in [7, 11) is 0. The van der Waals surface area contributed by atoms with E-state index in [1.807, 2.05) is 25.1 Å². The Morgan fingerprint density at radius 1 is 0.935 bits per heavy atom. The maximum Gasteiger partial charge on any atom is 0.426 e. The molecule has 7 heteroatoms. The van der Waals surface area contributed by atoms with Crippen molar-refractivity contribution in [3.63, 3.8) is 0 Å². The summed E-state index contributed by atoms with van der Waals surface area (Å²) in [5, 5.41) is 2.96. The number of carbonyl (C=O) groups is 3. The number of hydrogen-bond donors (Lipinski definition) is 3. The fourth-order valence-electron chi connectivity index (χ4n) is 3.02. The maximum absolute atomic E-state index is 12.5. The average Bonchev–Trinajstić information content (AvgIpc) is 3.54. The van der Waals surface area contributed by atoms with E-state index in [1.165, 1.54) is 12.8 Å². The highest BCUT2D eigenvalue weighted by Gasteiger charge is 2.22. The van der Waals surface area contributed by atoms with Crippen LogP contribution in [0.5, 0.6) is 0 Å². The molecule has 164 valence electrons. The van der Waals surface area contributed by atoms with Crippen molar-refractivity contribution in [1.82, 2.24) is 16.2 Å². The van der Waals surface area contributed by atoms with E-state index in [0.29, 0.717) is 17.0 Å². The van der Waals surface area contributed by atoms with E-state index in [4.69, 9.17) is 4.74 Å². The Hall–Kier alpha value is -3.35. The highest BCUT2D eigenvalue weighted by atomic mass is 16.6. The van der Waals surface area contributed by atoms with Crippen LogP contribution < -0.4 is 16.2 Å². The van der Waals surface area contributed by atoms with E-state index < -0.39 is 17.6 Å². The lowest BCUT2D eigenvalue weighted by molar-refractivity contribution is 0.0483. The van der Waals surface area contributed by atoms with Crippen LogP contribution >= 0.6 is 0 Å². The molecule has 0 aliphatic heterocycles. The molecule has 3 N–H and O–H groups in total. The zero-order valence-electron chi connectivity index (χ0n) is 18.4. The molecule has 31 heavy (non-hydrogen) atoms. The Labute approximate surface area is 182 Å². The van der Waals surface area contributed by atoms with Crippen molar-refractivity contribution in [2.45, 2.75) is 46.1 Å². The number of hydrogen-bond acceptors (Lipinski definition) is 4. The van der Waals surface area contributed by atoms with Gasteiger partial charge in [0.2, 0.25) is 0 Å². The molecule has 1 fully saturated rings. The van der Waals surface area contributed by atoms with Gasteiger partial charge in [-0.25, -0.2) is 10.2 Å². The van der Waals surface area contributed by atoms with Crippen molar-refractivity contribution in [1.29, 1.82) is 0 Å². The predicted octanol–water partition coefficient (Wildman–Crippen LogP) is 3.97. The molecule has 1 aliphatic rings. The molecule has 1 aliphatic carbocycles. The van der Waals surface area contributed by atoms with E-state index >= 15 is 0 Å². The molecule has 1 saturated carbocycles. The molecular formula is C24H29N3O4. The van der Waals surface area contributed by atoms with Gasteiger partial charge in [0.05, 0.1) is 0 Å². The summed E-state index contributed by atoms with van der Waals surface area (Å²) in [6, 6.07) is 12.6. The first-order valence-electron chi connectivity index (χ1n) is 10.4. The van der Waals surface area contributed by atoms with Gasteiger partial charge in [-0.05, 0) is 87.4 Å². The Bertz CT molecular complexity index is 973. The Balaban J connectivity index is 1.66. The second kappa shape index (κ2) is 9.20. The summed E-state index contributed by atoms with van der Waals surface area (Å²) in [5.41, 5.74) is 7.70. The topological polar surface area (TPSA) is 96.5 Å². The summed E-state index contributed by atoms with van der Waals surface area (Å²) < 4.78 is 5.10. The van der Waals surface area contributed by atoms with Crippen molar-refractivity contribution < 1.29 is 19.1 Å². The van der Waals surface area contributed by atoms with Crippen LogP contribution in [-0.2, 0) is 4.74 Å². The minimum atomic E-state index is -0.733. The molecule has 0 radical (unpaired) electrons. The van der Waals surface area contributed by atoms with Gasteiger partial charge in [0.25, 0.3) is 11.8 Å². The average molecular weight is 424 g/mol. The van der Waals surface area contributed by atoms with E-state index in [0.717, 1.165) is 23.2 Å². The Kier molecular flexibility index (Phi) is 6.63. The zero-order valence-corrected chi connectivity index (χ0v) is 18.4. The highest BCUT2D eigenvalue weighted by molar-refractivity contribution is 5.97. The lowest BCUT2D eigenvalue weighted by Crippen LogP contribution is -2.44. The zero-order chi connectivity index (χ0) is 22.6. The minimum Gasteiger partial charge on any atom is -0.443 e. The second-order valence-electron chi connectivity index (χ2n) is 8.84. The lowest BCUT2D eigenvalue weighted by Gasteiger charge is -2.19. The highest BCUT2D eigenvalue weighted by Crippen LogP contribution is 2.28. The van der Waals surface area contributed by atoms with Gasteiger partial charge in [0, 0.05) is 17.7 Å². The number of hydrazine groups is 1. The fourth-order valence-corrected chi connectivity index (χ4v) is 3.02. The molecule has 0 unspecified atom stereocenters. The standard InChI is InChI=1S/C24H29N3O4/c1-15-5-8-19(22(29)26-27-23(30)31-24(2,3)4)13-20(15)17-9-11-18(12-10-17)21(28)25-14-16-6-7-16/h5,8-13,16H,6-7,14H2,1-4H3,(H,25,28)(H,26,29)(H,27,30). The van der Waals surface area contributed by atoms with Gasteiger partial charge in [-0.15, -0.1) is 0 Å². The lowest BCUT2D eigenvalue weighted by atomic mass is 9.97. The smallest absolute Gasteiger partial charge is 0.426 e. The van der Waals surface area contributed by atoms with Crippen molar-refractivity contribution in [3.8, 4) is 11.1 Å². The molecule has 0 aromatic heterocycles. The van der Waals surface area contributed by atoms with Crippen LogP contribution in [0.4, 0.5) is 4.79 Å². The van der Waals surface area contributed by atoms with Crippen LogP contribution in [0.15, 0.2) is 42.5 Å². The van der Waals surface area contributed by atoms with Gasteiger partial charge in [-0.3, -0.25) is 15.0 Å². The number of amides is 3. The Morgan fingerprint density at radius 3 is 2.19 bits per heavy atom. The molecule has 0 bridgehead atoms. The van der Waals surface area contributed by atoms with Crippen LogP contribution in [0.25, 0.3) is 11.1 Å². The summed E-state index contributed by atoms with van der Waals surface area (Å²) >= 11 is 0. The molecular weight excluding hydrogens is 394 g/mol. The third-order valence-corrected chi connectivity index (χ3v) is 4.88. The van der Waals surface area contributed by atoms with Crippen LogP contribution in [0, 0.1) is 12.8 Å². The van der Waals surface area contributed by atoms with Crippen LogP contribution in [0.1, 0.15) is 59.9 Å². The number of nitrogens with one attached hydrogen (secondary N) is 3. The predicted molar refractivity (Wildman–Crippen MR) is 119 cm³/mol. The molecule has 2 aromatic carbocycles. The summed E-state index contributed by atoms with van der Waals surface area (Å²) in [5.74, 6) is 0.101. The van der Waals surface area contributed by atoms with Crippen LogP contribution in [0.3, 0.4) is 0 Å². The number of ether oxygens (including phenoxy) is 1. The molecule has 3 rings (SSSR count). The molecule has 0 spiro atoms. The number of carbonyl (C=O) groups excluding carboxylic acids is 3. The van der Waals surface area contributed by atoms with Crippen molar-refractivity contribution in [2.75, 3.05) is 6.54 Å². The minimum absolute atomic E-state index is 0.0727. The molecule has 3 amide bonds.